The highest BCUT2D eigenvalue weighted by molar-refractivity contribution is 4.83. The lowest BCUT2D eigenvalue weighted by Crippen LogP contribution is -2.47. The summed E-state index contributed by atoms with van der Waals surface area (Å²) in [6.45, 7) is 12.4. The first-order valence-electron chi connectivity index (χ1n) is 6.81. The maximum absolute atomic E-state index is 5.78. The van der Waals surface area contributed by atoms with E-state index < -0.39 is 0 Å². The molecule has 3 unspecified atom stereocenters. The molecule has 2 nitrogen and oxygen atoms in total. The number of hydrogen-bond acceptors (Lipinski definition) is 2. The Kier molecular flexibility index (Phi) is 5.26. The molecule has 0 bridgehead atoms. The van der Waals surface area contributed by atoms with E-state index in [9.17, 15) is 0 Å². The molecule has 0 amide bonds. The Morgan fingerprint density at radius 3 is 2.62 bits per heavy atom. The van der Waals surface area contributed by atoms with Crippen LogP contribution in [0.2, 0.25) is 0 Å². The van der Waals surface area contributed by atoms with E-state index in [1.54, 1.807) is 0 Å². The van der Waals surface area contributed by atoms with E-state index >= 15 is 0 Å². The minimum absolute atomic E-state index is 0.346. The standard InChI is InChI=1S/C14H29NO/c1-6-7-13-10-12(8-9-16-13)15-11(2)14(3,4)5/h11-13,15H,6-10H2,1-5H3. The summed E-state index contributed by atoms with van der Waals surface area (Å²) in [7, 11) is 0. The second-order valence-electron chi connectivity index (χ2n) is 6.26. The van der Waals surface area contributed by atoms with Crippen molar-refractivity contribution in [2.75, 3.05) is 6.61 Å². The zero-order chi connectivity index (χ0) is 12.2. The molecular weight excluding hydrogens is 198 g/mol. The van der Waals surface area contributed by atoms with E-state index in [4.69, 9.17) is 4.74 Å². The highest BCUT2D eigenvalue weighted by Gasteiger charge is 2.26. The molecule has 0 radical (unpaired) electrons. The molecule has 2 heteroatoms. The Morgan fingerprint density at radius 2 is 2.06 bits per heavy atom. The van der Waals surface area contributed by atoms with Crippen LogP contribution in [0.5, 0.6) is 0 Å². The van der Waals surface area contributed by atoms with Gasteiger partial charge in [0.1, 0.15) is 0 Å². The minimum atomic E-state index is 0.346. The van der Waals surface area contributed by atoms with Gasteiger partial charge < -0.3 is 10.1 Å². The average Bonchev–Trinajstić information content (AvgIpc) is 2.17. The fourth-order valence-electron chi connectivity index (χ4n) is 2.16. The van der Waals surface area contributed by atoms with E-state index in [1.807, 2.05) is 0 Å². The lowest BCUT2D eigenvalue weighted by Gasteiger charge is -2.36. The molecule has 1 saturated heterocycles. The average molecular weight is 227 g/mol. The summed E-state index contributed by atoms with van der Waals surface area (Å²) in [5.41, 5.74) is 0.346. The molecule has 0 saturated carbocycles. The van der Waals surface area contributed by atoms with Crippen LogP contribution in [-0.2, 0) is 4.74 Å². The first-order valence-corrected chi connectivity index (χ1v) is 6.81. The van der Waals surface area contributed by atoms with Crippen LogP contribution in [-0.4, -0.2) is 24.8 Å². The summed E-state index contributed by atoms with van der Waals surface area (Å²) in [5, 5.41) is 3.77. The number of nitrogens with one attached hydrogen (secondary N) is 1. The molecule has 16 heavy (non-hydrogen) atoms. The zero-order valence-electron chi connectivity index (χ0n) is 11.7. The molecule has 96 valence electrons. The summed E-state index contributed by atoms with van der Waals surface area (Å²) in [6.07, 6.45) is 5.28. The molecule has 1 N–H and O–H groups in total. The number of hydrogen-bond donors (Lipinski definition) is 1. The summed E-state index contributed by atoms with van der Waals surface area (Å²) in [6, 6.07) is 1.22. The topological polar surface area (TPSA) is 21.3 Å². The van der Waals surface area contributed by atoms with Gasteiger partial charge in [-0.1, -0.05) is 34.1 Å². The second kappa shape index (κ2) is 6.02. The van der Waals surface area contributed by atoms with Crippen molar-refractivity contribution in [3.05, 3.63) is 0 Å². The third-order valence-electron chi connectivity index (χ3n) is 3.76. The van der Waals surface area contributed by atoms with Crippen molar-refractivity contribution in [2.45, 2.75) is 78.5 Å². The van der Waals surface area contributed by atoms with Gasteiger partial charge in [0.05, 0.1) is 6.10 Å². The van der Waals surface area contributed by atoms with Crippen LogP contribution in [0.1, 0.15) is 60.3 Å². The van der Waals surface area contributed by atoms with Crippen LogP contribution in [0.25, 0.3) is 0 Å². The quantitative estimate of drug-likeness (QED) is 0.795. The van der Waals surface area contributed by atoms with Crippen LogP contribution >= 0.6 is 0 Å². The van der Waals surface area contributed by atoms with Gasteiger partial charge in [-0.05, 0) is 31.6 Å². The van der Waals surface area contributed by atoms with Crippen molar-refractivity contribution in [2.24, 2.45) is 5.41 Å². The molecule has 0 aromatic heterocycles. The monoisotopic (exact) mass is 227 g/mol. The third kappa shape index (κ3) is 4.42. The molecule has 1 aliphatic rings. The van der Waals surface area contributed by atoms with Gasteiger partial charge in [-0.2, -0.15) is 0 Å². The normalized spacial score (nSPS) is 29.1. The predicted molar refractivity (Wildman–Crippen MR) is 69.7 cm³/mol. The third-order valence-corrected chi connectivity index (χ3v) is 3.76. The highest BCUT2D eigenvalue weighted by Crippen LogP contribution is 2.23. The Bertz CT molecular complexity index is 195. The van der Waals surface area contributed by atoms with E-state index in [-0.39, 0.29) is 0 Å². The van der Waals surface area contributed by atoms with Crippen molar-refractivity contribution in [1.29, 1.82) is 0 Å². The van der Waals surface area contributed by atoms with Crippen LogP contribution in [0, 0.1) is 5.41 Å². The minimum Gasteiger partial charge on any atom is -0.378 e. The lowest BCUT2D eigenvalue weighted by atomic mass is 9.86. The molecule has 1 fully saturated rings. The van der Waals surface area contributed by atoms with Gasteiger partial charge in [0.25, 0.3) is 0 Å². The van der Waals surface area contributed by atoms with Crippen molar-refractivity contribution in [3.63, 3.8) is 0 Å². The summed E-state index contributed by atoms with van der Waals surface area (Å²) in [4.78, 5) is 0. The van der Waals surface area contributed by atoms with E-state index in [0.29, 0.717) is 23.6 Å². The maximum atomic E-state index is 5.78. The Labute approximate surface area is 101 Å². The fraction of sp³-hybridized carbons (Fsp3) is 1.00. The molecule has 0 aromatic carbocycles. The smallest absolute Gasteiger partial charge is 0.0589 e. The lowest BCUT2D eigenvalue weighted by molar-refractivity contribution is -0.00709. The van der Waals surface area contributed by atoms with Gasteiger partial charge in [-0.3, -0.25) is 0 Å². The van der Waals surface area contributed by atoms with Gasteiger partial charge in [-0.25, -0.2) is 0 Å². The van der Waals surface area contributed by atoms with E-state index in [0.717, 1.165) is 6.61 Å². The fourth-order valence-corrected chi connectivity index (χ4v) is 2.16. The highest BCUT2D eigenvalue weighted by atomic mass is 16.5. The van der Waals surface area contributed by atoms with Crippen molar-refractivity contribution in [1.82, 2.24) is 5.32 Å². The molecule has 0 aromatic rings. The van der Waals surface area contributed by atoms with Crippen LogP contribution in [0.4, 0.5) is 0 Å². The molecule has 1 rings (SSSR count). The Balaban J connectivity index is 2.37. The summed E-state index contributed by atoms with van der Waals surface area (Å²) < 4.78 is 5.78. The van der Waals surface area contributed by atoms with Gasteiger partial charge in [-0.15, -0.1) is 0 Å². The molecule has 0 spiro atoms. The SMILES string of the molecule is CCCC1CC(NC(C)C(C)(C)C)CCO1. The van der Waals surface area contributed by atoms with Crippen molar-refractivity contribution < 1.29 is 4.74 Å². The number of rotatable bonds is 4. The van der Waals surface area contributed by atoms with E-state index in [2.05, 4.69) is 39.9 Å². The zero-order valence-corrected chi connectivity index (χ0v) is 11.7. The first-order chi connectivity index (χ1) is 7.43. The maximum Gasteiger partial charge on any atom is 0.0589 e. The van der Waals surface area contributed by atoms with Gasteiger partial charge in [0.2, 0.25) is 0 Å². The number of ether oxygens (including phenoxy) is 1. The molecular formula is C14H29NO. The van der Waals surface area contributed by atoms with E-state index in [1.165, 1.54) is 25.7 Å². The Hall–Kier alpha value is -0.0800. The van der Waals surface area contributed by atoms with Crippen molar-refractivity contribution in [3.8, 4) is 0 Å². The molecule has 1 aliphatic heterocycles. The largest absolute Gasteiger partial charge is 0.378 e. The molecule has 3 atom stereocenters. The molecule has 0 aliphatic carbocycles. The van der Waals surface area contributed by atoms with Gasteiger partial charge in [0.15, 0.2) is 0 Å². The van der Waals surface area contributed by atoms with Crippen LogP contribution in [0.3, 0.4) is 0 Å². The Morgan fingerprint density at radius 1 is 1.38 bits per heavy atom. The first kappa shape index (κ1) is 14.0. The van der Waals surface area contributed by atoms with Gasteiger partial charge >= 0.3 is 0 Å². The van der Waals surface area contributed by atoms with Crippen LogP contribution < -0.4 is 5.32 Å². The molecule has 1 heterocycles. The summed E-state index contributed by atoms with van der Waals surface area (Å²) in [5.74, 6) is 0. The van der Waals surface area contributed by atoms with Crippen LogP contribution in [0.15, 0.2) is 0 Å². The van der Waals surface area contributed by atoms with Crippen molar-refractivity contribution >= 4 is 0 Å². The summed E-state index contributed by atoms with van der Waals surface area (Å²) >= 11 is 0. The predicted octanol–water partition coefficient (Wildman–Crippen LogP) is 3.36. The second-order valence-corrected chi connectivity index (χ2v) is 6.26. The van der Waals surface area contributed by atoms with Gasteiger partial charge in [0, 0.05) is 18.7 Å².